The minimum atomic E-state index is -0.637. The van der Waals surface area contributed by atoms with E-state index in [9.17, 15) is 9.90 Å². The van der Waals surface area contributed by atoms with Crippen LogP contribution in [0.25, 0.3) is 0 Å². The summed E-state index contributed by atoms with van der Waals surface area (Å²) in [6.07, 6.45) is 3.29. The fourth-order valence-electron chi connectivity index (χ4n) is 5.08. The molecule has 172 valence electrons. The van der Waals surface area contributed by atoms with Gasteiger partial charge in [0.1, 0.15) is 5.75 Å². The Kier molecular flexibility index (Phi) is 6.85. The van der Waals surface area contributed by atoms with Crippen molar-refractivity contribution in [2.45, 2.75) is 64.5 Å². The van der Waals surface area contributed by atoms with Gasteiger partial charge in [0.15, 0.2) is 0 Å². The molecule has 0 saturated carbocycles. The van der Waals surface area contributed by atoms with E-state index in [0.717, 1.165) is 36.0 Å². The molecule has 3 aromatic rings. The van der Waals surface area contributed by atoms with E-state index in [-0.39, 0.29) is 17.7 Å². The highest BCUT2D eigenvalue weighted by Crippen LogP contribution is 2.38. The van der Waals surface area contributed by atoms with Gasteiger partial charge in [-0.15, -0.1) is 0 Å². The molecule has 1 aliphatic rings. The summed E-state index contributed by atoms with van der Waals surface area (Å²) in [4.78, 5) is 13.1. The third-order valence-corrected chi connectivity index (χ3v) is 6.96. The molecule has 0 aliphatic heterocycles. The molecular formula is C29H34N2O2. The minimum Gasteiger partial charge on any atom is -0.508 e. The summed E-state index contributed by atoms with van der Waals surface area (Å²) in [6, 6.07) is 20.0. The van der Waals surface area contributed by atoms with Crippen molar-refractivity contribution in [1.29, 1.82) is 0 Å². The number of benzene rings is 3. The molecule has 0 bridgehead atoms. The monoisotopic (exact) mass is 442 g/mol. The molecule has 1 aliphatic carbocycles. The second-order valence-electron chi connectivity index (χ2n) is 9.53. The summed E-state index contributed by atoms with van der Waals surface area (Å²) in [7, 11) is 0. The van der Waals surface area contributed by atoms with Crippen LogP contribution in [0.2, 0.25) is 0 Å². The zero-order valence-corrected chi connectivity index (χ0v) is 19.8. The molecule has 0 fully saturated rings. The fourth-order valence-corrected chi connectivity index (χ4v) is 5.08. The number of aryl methyl sites for hydroxylation is 2. The lowest BCUT2D eigenvalue weighted by atomic mass is 9.79. The van der Waals surface area contributed by atoms with Crippen molar-refractivity contribution in [3.8, 4) is 5.75 Å². The van der Waals surface area contributed by atoms with E-state index in [1.807, 2.05) is 19.9 Å². The molecule has 3 aromatic carbocycles. The van der Waals surface area contributed by atoms with E-state index in [1.165, 1.54) is 22.3 Å². The van der Waals surface area contributed by atoms with Crippen LogP contribution < -0.4 is 11.1 Å². The second-order valence-corrected chi connectivity index (χ2v) is 9.53. The summed E-state index contributed by atoms with van der Waals surface area (Å²) in [5.74, 6) is 0.599. The molecule has 4 heteroatoms. The van der Waals surface area contributed by atoms with Crippen molar-refractivity contribution in [3.63, 3.8) is 0 Å². The third-order valence-electron chi connectivity index (χ3n) is 6.96. The molecular weight excluding hydrogens is 408 g/mol. The normalized spacial score (nSPS) is 18.4. The van der Waals surface area contributed by atoms with Crippen molar-refractivity contribution in [3.05, 3.63) is 99.6 Å². The maximum Gasteiger partial charge on any atom is 0.237 e. The van der Waals surface area contributed by atoms with Crippen LogP contribution in [0, 0.1) is 13.8 Å². The highest BCUT2D eigenvalue weighted by atomic mass is 16.3. The Hall–Kier alpha value is -3.11. The zero-order valence-electron chi connectivity index (χ0n) is 19.8. The summed E-state index contributed by atoms with van der Waals surface area (Å²) in [5.41, 5.74) is 14.4. The van der Waals surface area contributed by atoms with Gasteiger partial charge < -0.3 is 16.2 Å². The van der Waals surface area contributed by atoms with Crippen LogP contribution in [0.5, 0.6) is 5.75 Å². The number of phenols is 1. The van der Waals surface area contributed by atoms with Crippen molar-refractivity contribution in [1.82, 2.24) is 5.32 Å². The standard InChI is InChI=1S/C29H34N2O2/c1-18-9-12-28(26-16-22(10-11-24(18)26)15-21-7-5-4-6-8-21)31-29(33)27(30)17-25-19(2)13-23(32)14-20(25)3/h4-8,10-11,13-14,16,18,27-28,32H,9,12,15,17,30H2,1-3H3,(H,31,33)/t18-,27-,28+/m0/s1. The number of aromatic hydroxyl groups is 1. The number of rotatable bonds is 6. The van der Waals surface area contributed by atoms with Gasteiger partial charge >= 0.3 is 0 Å². The summed E-state index contributed by atoms with van der Waals surface area (Å²) in [6.45, 7) is 6.15. The van der Waals surface area contributed by atoms with Gasteiger partial charge in [-0.3, -0.25) is 4.79 Å². The van der Waals surface area contributed by atoms with Crippen molar-refractivity contribution in [2.24, 2.45) is 5.73 Å². The summed E-state index contributed by atoms with van der Waals surface area (Å²) < 4.78 is 0. The number of nitrogens with one attached hydrogen (secondary N) is 1. The first kappa shape index (κ1) is 23.1. The maximum absolute atomic E-state index is 13.1. The maximum atomic E-state index is 13.1. The van der Waals surface area contributed by atoms with Crippen LogP contribution in [-0.2, 0) is 17.6 Å². The molecule has 1 amide bonds. The van der Waals surface area contributed by atoms with Crippen molar-refractivity contribution in [2.75, 3.05) is 0 Å². The molecule has 0 heterocycles. The molecule has 0 radical (unpaired) electrons. The van der Waals surface area contributed by atoms with Crippen molar-refractivity contribution >= 4 is 5.91 Å². The first-order chi connectivity index (χ1) is 15.8. The number of amides is 1. The Balaban J connectivity index is 1.51. The SMILES string of the molecule is Cc1cc(O)cc(C)c1C[C@H](N)C(=O)N[C@@H]1CC[C@H](C)c2ccc(Cc3ccccc3)cc21. The number of fused-ring (bicyclic) bond motifs is 1. The average Bonchev–Trinajstić information content (AvgIpc) is 2.78. The zero-order chi connectivity index (χ0) is 23.5. The molecule has 4 nitrogen and oxygen atoms in total. The molecule has 33 heavy (non-hydrogen) atoms. The first-order valence-corrected chi connectivity index (χ1v) is 11.8. The van der Waals surface area contributed by atoms with Gasteiger partial charge in [0.05, 0.1) is 12.1 Å². The van der Waals surface area contributed by atoms with Gasteiger partial charge in [-0.2, -0.15) is 0 Å². The number of nitrogens with two attached hydrogens (primary N) is 1. The average molecular weight is 443 g/mol. The van der Waals surface area contributed by atoms with E-state index >= 15 is 0 Å². The van der Waals surface area contributed by atoms with Gasteiger partial charge in [-0.05, 0) is 96.5 Å². The third kappa shape index (κ3) is 5.28. The minimum absolute atomic E-state index is 0.0208. The van der Waals surface area contributed by atoms with Crippen LogP contribution in [0.4, 0.5) is 0 Å². The Morgan fingerprint density at radius 3 is 2.39 bits per heavy atom. The molecule has 0 spiro atoms. The molecule has 0 unspecified atom stereocenters. The van der Waals surface area contributed by atoms with Gasteiger partial charge in [0.2, 0.25) is 5.91 Å². The first-order valence-electron chi connectivity index (χ1n) is 11.8. The van der Waals surface area contributed by atoms with Gasteiger partial charge in [0.25, 0.3) is 0 Å². The number of carbonyl (C=O) groups is 1. The quantitative estimate of drug-likeness (QED) is 0.490. The van der Waals surface area contributed by atoms with E-state index in [2.05, 4.69) is 54.7 Å². The smallest absolute Gasteiger partial charge is 0.237 e. The Morgan fingerprint density at radius 2 is 1.70 bits per heavy atom. The van der Waals surface area contributed by atoms with Gasteiger partial charge in [-0.1, -0.05) is 55.5 Å². The fraction of sp³-hybridized carbons (Fsp3) is 0.345. The van der Waals surface area contributed by atoms with E-state index in [4.69, 9.17) is 5.73 Å². The summed E-state index contributed by atoms with van der Waals surface area (Å²) in [5, 5.41) is 13.0. The van der Waals surface area contributed by atoms with Crippen molar-refractivity contribution < 1.29 is 9.90 Å². The molecule has 0 aromatic heterocycles. The van der Waals surface area contributed by atoms with Crippen LogP contribution >= 0.6 is 0 Å². The number of phenolic OH excluding ortho intramolecular Hbond substituents is 1. The number of carbonyl (C=O) groups excluding carboxylic acids is 1. The van der Waals surface area contributed by atoms with Gasteiger partial charge in [0, 0.05) is 0 Å². The summed E-state index contributed by atoms with van der Waals surface area (Å²) >= 11 is 0. The number of hydrogen-bond donors (Lipinski definition) is 3. The highest BCUT2D eigenvalue weighted by Gasteiger charge is 2.28. The Labute approximate surface area is 196 Å². The lowest BCUT2D eigenvalue weighted by Gasteiger charge is -2.32. The molecule has 4 N–H and O–H groups in total. The van der Waals surface area contributed by atoms with E-state index in [0.29, 0.717) is 12.3 Å². The topological polar surface area (TPSA) is 75.3 Å². The molecule has 0 saturated heterocycles. The predicted octanol–water partition coefficient (Wildman–Crippen LogP) is 5.22. The predicted molar refractivity (Wildman–Crippen MR) is 133 cm³/mol. The number of hydrogen-bond acceptors (Lipinski definition) is 3. The molecule has 3 atom stereocenters. The van der Waals surface area contributed by atoms with E-state index < -0.39 is 6.04 Å². The van der Waals surface area contributed by atoms with Crippen LogP contribution in [0.1, 0.15) is 70.7 Å². The lowest BCUT2D eigenvalue weighted by molar-refractivity contribution is -0.123. The second kappa shape index (κ2) is 9.80. The molecule has 4 rings (SSSR count). The van der Waals surface area contributed by atoms with Gasteiger partial charge in [-0.25, -0.2) is 0 Å². The van der Waals surface area contributed by atoms with Crippen LogP contribution in [-0.4, -0.2) is 17.1 Å². The van der Waals surface area contributed by atoms with E-state index in [1.54, 1.807) is 12.1 Å². The highest BCUT2D eigenvalue weighted by molar-refractivity contribution is 5.82. The lowest BCUT2D eigenvalue weighted by Crippen LogP contribution is -2.44. The Morgan fingerprint density at radius 1 is 1.00 bits per heavy atom. The Bertz CT molecular complexity index is 1120. The van der Waals surface area contributed by atoms with Crippen LogP contribution in [0.3, 0.4) is 0 Å². The van der Waals surface area contributed by atoms with Crippen LogP contribution in [0.15, 0.2) is 60.7 Å². The largest absolute Gasteiger partial charge is 0.508 e.